The molecule has 1 aromatic carbocycles. The summed E-state index contributed by atoms with van der Waals surface area (Å²) < 4.78 is 0. The molecule has 9 nitrogen and oxygen atoms in total. The molecule has 0 saturated carbocycles. The van der Waals surface area contributed by atoms with Gasteiger partial charge in [0.15, 0.2) is 23.1 Å². The van der Waals surface area contributed by atoms with Crippen LogP contribution in [0.15, 0.2) is 36.5 Å². The normalized spacial score (nSPS) is 16.0. The third-order valence-electron chi connectivity index (χ3n) is 5.01. The smallest absolute Gasteiger partial charge is 0.273 e. The minimum absolute atomic E-state index is 0.225. The maximum atomic E-state index is 12.9. The molecule has 5 N–H and O–H groups in total. The van der Waals surface area contributed by atoms with Crippen LogP contribution in [0.5, 0.6) is 0 Å². The summed E-state index contributed by atoms with van der Waals surface area (Å²) in [7, 11) is 0. The van der Waals surface area contributed by atoms with Crippen molar-refractivity contribution in [1.82, 2.24) is 30.8 Å². The van der Waals surface area contributed by atoms with E-state index in [-0.39, 0.29) is 11.6 Å². The molecule has 31 heavy (non-hydrogen) atoms. The van der Waals surface area contributed by atoms with Crippen LogP contribution < -0.4 is 21.3 Å². The van der Waals surface area contributed by atoms with Gasteiger partial charge in [-0.15, -0.1) is 0 Å². The molecule has 1 aliphatic rings. The highest BCUT2D eigenvalue weighted by Crippen LogP contribution is 2.22. The molecule has 1 saturated heterocycles. The van der Waals surface area contributed by atoms with E-state index in [0.717, 1.165) is 37.3 Å². The molecular weight excluding hydrogens is 416 g/mol. The summed E-state index contributed by atoms with van der Waals surface area (Å²) in [6.45, 7) is 4.45. The predicted molar refractivity (Wildman–Crippen MR) is 121 cm³/mol. The van der Waals surface area contributed by atoms with Crippen LogP contribution in [-0.2, 0) is 0 Å². The maximum absolute atomic E-state index is 12.9. The molecule has 3 heterocycles. The van der Waals surface area contributed by atoms with E-state index in [9.17, 15) is 4.79 Å². The molecule has 0 spiro atoms. The lowest BCUT2D eigenvalue weighted by Crippen LogP contribution is -2.38. The van der Waals surface area contributed by atoms with E-state index in [0.29, 0.717) is 34.9 Å². The zero-order valence-corrected chi connectivity index (χ0v) is 18.0. The topological polar surface area (TPSA) is 120 Å². The number of H-pyrrole nitrogens is 1. The molecule has 10 heteroatoms. The number of benzene rings is 1. The van der Waals surface area contributed by atoms with Crippen LogP contribution in [0.1, 0.15) is 29.0 Å². The first-order valence-electron chi connectivity index (χ1n) is 10.2. The molecule has 0 aliphatic carbocycles. The Morgan fingerprint density at radius 1 is 1.23 bits per heavy atom. The van der Waals surface area contributed by atoms with Crippen LogP contribution in [0.4, 0.5) is 23.1 Å². The van der Waals surface area contributed by atoms with Crippen molar-refractivity contribution in [1.29, 1.82) is 0 Å². The van der Waals surface area contributed by atoms with Crippen molar-refractivity contribution >= 4 is 40.6 Å². The second-order valence-corrected chi connectivity index (χ2v) is 8.00. The summed E-state index contributed by atoms with van der Waals surface area (Å²) >= 11 is 5.98. The lowest BCUT2D eigenvalue weighted by molar-refractivity contribution is 0.0940. The average Bonchev–Trinajstić information content (AvgIpc) is 3.19. The van der Waals surface area contributed by atoms with Crippen LogP contribution in [0.2, 0.25) is 5.02 Å². The first kappa shape index (κ1) is 21.1. The van der Waals surface area contributed by atoms with Gasteiger partial charge in [0.2, 0.25) is 0 Å². The third-order valence-corrected chi connectivity index (χ3v) is 5.26. The lowest BCUT2D eigenvalue weighted by Gasteiger charge is -2.23. The fourth-order valence-corrected chi connectivity index (χ4v) is 3.53. The zero-order valence-electron chi connectivity index (χ0n) is 17.2. The number of carbonyl (C=O) groups excluding carboxylic acids is 1. The number of carbonyl (C=O) groups is 1. The third kappa shape index (κ3) is 5.71. The van der Waals surface area contributed by atoms with E-state index < -0.39 is 0 Å². The Morgan fingerprint density at radius 3 is 2.77 bits per heavy atom. The van der Waals surface area contributed by atoms with Crippen molar-refractivity contribution in [2.24, 2.45) is 5.92 Å². The molecule has 0 radical (unpaired) electrons. The van der Waals surface area contributed by atoms with Gasteiger partial charge in [-0.3, -0.25) is 9.89 Å². The highest BCUT2D eigenvalue weighted by molar-refractivity contribution is 6.30. The second-order valence-electron chi connectivity index (χ2n) is 7.57. The monoisotopic (exact) mass is 440 g/mol. The summed E-state index contributed by atoms with van der Waals surface area (Å²) in [5.41, 5.74) is 1.89. The lowest BCUT2D eigenvalue weighted by atomic mass is 10.00. The Bertz CT molecular complexity index is 1030. The molecule has 1 amide bonds. The molecule has 1 aliphatic heterocycles. The van der Waals surface area contributed by atoms with Crippen LogP contribution in [-0.4, -0.2) is 45.7 Å². The number of anilines is 4. The van der Waals surface area contributed by atoms with Gasteiger partial charge in [0, 0.05) is 29.0 Å². The largest absolute Gasteiger partial charge is 0.350 e. The first-order valence-corrected chi connectivity index (χ1v) is 10.6. The SMILES string of the molecule is Cc1cc(Nc2cnc(C(=O)NC[C@H]3CCCNC3)c(Nc3ccc(Cl)cc3)n2)n[nH]1. The molecule has 162 valence electrons. The first-order chi connectivity index (χ1) is 15.1. The van der Waals surface area contributed by atoms with Crippen LogP contribution in [0, 0.1) is 12.8 Å². The molecular formula is C21H25ClN8O. The van der Waals surface area contributed by atoms with Gasteiger partial charge >= 0.3 is 0 Å². The zero-order chi connectivity index (χ0) is 21.6. The van der Waals surface area contributed by atoms with Crippen molar-refractivity contribution < 1.29 is 4.79 Å². The highest BCUT2D eigenvalue weighted by Gasteiger charge is 2.19. The molecule has 2 aromatic heterocycles. The fraction of sp³-hybridized carbons (Fsp3) is 0.333. The quantitative estimate of drug-likeness (QED) is 0.382. The summed E-state index contributed by atoms with van der Waals surface area (Å²) in [5.74, 6) is 1.58. The van der Waals surface area contributed by atoms with Crippen molar-refractivity contribution in [3.63, 3.8) is 0 Å². The van der Waals surface area contributed by atoms with Crippen LogP contribution in [0.25, 0.3) is 0 Å². The molecule has 0 unspecified atom stereocenters. The molecule has 1 fully saturated rings. The fourth-order valence-electron chi connectivity index (χ4n) is 3.40. The Kier molecular flexibility index (Phi) is 6.63. The molecule has 0 bridgehead atoms. The molecule has 1 atom stereocenters. The summed E-state index contributed by atoms with van der Waals surface area (Å²) in [6.07, 6.45) is 3.74. The van der Waals surface area contributed by atoms with Gasteiger partial charge in [0.25, 0.3) is 5.91 Å². The van der Waals surface area contributed by atoms with Gasteiger partial charge in [0.05, 0.1) is 6.20 Å². The van der Waals surface area contributed by atoms with E-state index in [4.69, 9.17) is 11.6 Å². The highest BCUT2D eigenvalue weighted by atomic mass is 35.5. The number of piperidine rings is 1. The number of aryl methyl sites for hydroxylation is 1. The van der Waals surface area contributed by atoms with Crippen molar-refractivity contribution in [2.75, 3.05) is 30.3 Å². The standard InChI is InChI=1S/C21H25ClN8O/c1-13-9-17(30-29-13)27-18-12-24-19(21(31)25-11-14-3-2-8-23-10-14)20(28-18)26-16-6-4-15(22)5-7-16/h4-7,9,12,14,23H,2-3,8,10-11H2,1H3,(H,25,31)(H3,26,27,28,29,30)/t14-/m0/s1. The average molecular weight is 441 g/mol. The maximum Gasteiger partial charge on any atom is 0.273 e. The van der Waals surface area contributed by atoms with E-state index >= 15 is 0 Å². The number of rotatable bonds is 7. The van der Waals surface area contributed by atoms with Crippen molar-refractivity contribution in [3.05, 3.63) is 52.9 Å². The summed E-state index contributed by atoms with van der Waals surface area (Å²) in [5, 5.41) is 20.3. The number of hydrogen-bond acceptors (Lipinski definition) is 7. The number of nitrogens with zero attached hydrogens (tertiary/aromatic N) is 3. The van der Waals surface area contributed by atoms with Crippen molar-refractivity contribution in [2.45, 2.75) is 19.8 Å². The van der Waals surface area contributed by atoms with E-state index in [1.165, 1.54) is 6.20 Å². The van der Waals surface area contributed by atoms with Gasteiger partial charge in [-0.25, -0.2) is 9.97 Å². The number of halogens is 1. The van der Waals surface area contributed by atoms with Crippen LogP contribution >= 0.6 is 11.6 Å². The van der Waals surface area contributed by atoms with E-state index in [1.807, 2.05) is 25.1 Å². The van der Waals surface area contributed by atoms with Gasteiger partial charge in [0.1, 0.15) is 0 Å². The minimum atomic E-state index is -0.267. The van der Waals surface area contributed by atoms with Gasteiger partial charge in [-0.1, -0.05) is 11.6 Å². The summed E-state index contributed by atoms with van der Waals surface area (Å²) in [4.78, 5) is 21.8. The number of nitrogens with one attached hydrogen (secondary N) is 5. The minimum Gasteiger partial charge on any atom is -0.350 e. The Balaban J connectivity index is 1.54. The van der Waals surface area contributed by atoms with E-state index in [2.05, 4.69) is 41.4 Å². The number of aromatic amines is 1. The number of hydrogen-bond donors (Lipinski definition) is 5. The van der Waals surface area contributed by atoms with Crippen LogP contribution in [0.3, 0.4) is 0 Å². The summed E-state index contributed by atoms with van der Waals surface area (Å²) in [6, 6.07) is 9.02. The van der Waals surface area contributed by atoms with E-state index in [1.54, 1.807) is 12.1 Å². The second kappa shape index (κ2) is 9.76. The molecule has 3 aromatic rings. The van der Waals surface area contributed by atoms with Gasteiger partial charge in [-0.05, 0) is 63.0 Å². The Hall–Kier alpha value is -3.17. The van der Waals surface area contributed by atoms with Gasteiger partial charge in [-0.2, -0.15) is 5.10 Å². The predicted octanol–water partition coefficient (Wildman–Crippen LogP) is 3.38. The Labute approximate surface area is 185 Å². The number of aromatic nitrogens is 4. The van der Waals surface area contributed by atoms with Gasteiger partial charge < -0.3 is 21.3 Å². The molecule has 4 rings (SSSR count). The Morgan fingerprint density at radius 2 is 2.06 bits per heavy atom. The number of amides is 1. The van der Waals surface area contributed by atoms with Crippen molar-refractivity contribution in [3.8, 4) is 0 Å².